The highest BCUT2D eigenvalue weighted by atomic mass is 32.1. The van der Waals surface area contributed by atoms with Crippen LogP contribution in [0.1, 0.15) is 11.1 Å². The van der Waals surface area contributed by atoms with Gasteiger partial charge in [0.2, 0.25) is 0 Å². The van der Waals surface area contributed by atoms with E-state index in [1.165, 1.54) is 36.3 Å². The van der Waals surface area contributed by atoms with Gasteiger partial charge in [0.15, 0.2) is 10.9 Å². The Labute approximate surface area is 189 Å². The van der Waals surface area contributed by atoms with E-state index in [1.807, 2.05) is 0 Å². The maximum atomic E-state index is 12.7. The normalized spacial score (nSPS) is 14.8. The molecule has 0 saturated carbocycles. The average molecular weight is 453 g/mol. The van der Waals surface area contributed by atoms with Crippen molar-refractivity contribution in [2.75, 3.05) is 13.7 Å². The van der Waals surface area contributed by atoms with Gasteiger partial charge in [-0.25, -0.2) is 0 Å². The number of nitrogens with zero attached hydrogens (tertiary/aromatic N) is 2. The zero-order valence-electron chi connectivity index (χ0n) is 17.1. The van der Waals surface area contributed by atoms with Crippen LogP contribution in [0, 0.1) is 10.1 Å². The largest absolute Gasteiger partial charge is 0.496 e. The summed E-state index contributed by atoms with van der Waals surface area (Å²) in [5, 5.41) is 13.7. The molecule has 0 radical (unpaired) electrons. The fraction of sp³-hybridized carbons (Fsp3) is 0.136. The molecule has 3 rings (SSSR count). The second-order valence-corrected chi connectivity index (χ2v) is 6.99. The number of carbonyl (C=O) groups is 2. The fourth-order valence-electron chi connectivity index (χ4n) is 3.04. The first-order chi connectivity index (χ1) is 15.3. The van der Waals surface area contributed by atoms with Crippen LogP contribution in [-0.4, -0.2) is 40.4 Å². The van der Waals surface area contributed by atoms with Gasteiger partial charge >= 0.3 is 5.69 Å². The van der Waals surface area contributed by atoms with Crippen molar-refractivity contribution in [2.24, 2.45) is 0 Å². The van der Waals surface area contributed by atoms with Gasteiger partial charge in [-0.15, -0.1) is 6.58 Å². The van der Waals surface area contributed by atoms with Crippen molar-refractivity contribution in [3.8, 4) is 11.5 Å². The van der Waals surface area contributed by atoms with Gasteiger partial charge in [0.25, 0.3) is 11.8 Å². The number of rotatable bonds is 8. The van der Waals surface area contributed by atoms with Gasteiger partial charge in [-0.3, -0.25) is 29.9 Å². The summed E-state index contributed by atoms with van der Waals surface area (Å²) in [5.74, 6) is -0.542. The molecule has 0 aliphatic carbocycles. The SMILES string of the molecule is C=CCN1C(=O)C(=Cc2ccc(OC)c(COc3ccccc3[N+](=O)[O-])c2)C(=O)NC1=S. The van der Waals surface area contributed by atoms with Crippen LogP contribution in [0.15, 0.2) is 60.7 Å². The number of nitro groups is 1. The van der Waals surface area contributed by atoms with Gasteiger partial charge in [0.1, 0.15) is 17.9 Å². The minimum Gasteiger partial charge on any atom is -0.496 e. The Morgan fingerprint density at radius 2 is 1.97 bits per heavy atom. The zero-order chi connectivity index (χ0) is 23.3. The molecule has 10 heteroatoms. The number of ether oxygens (including phenoxy) is 2. The van der Waals surface area contributed by atoms with Gasteiger partial charge in [-0.1, -0.05) is 24.3 Å². The number of benzene rings is 2. The maximum absolute atomic E-state index is 12.7. The molecule has 0 bridgehead atoms. The summed E-state index contributed by atoms with van der Waals surface area (Å²) in [6.07, 6.45) is 2.94. The Morgan fingerprint density at radius 3 is 2.66 bits per heavy atom. The molecule has 32 heavy (non-hydrogen) atoms. The van der Waals surface area contributed by atoms with Crippen LogP contribution in [0.3, 0.4) is 0 Å². The van der Waals surface area contributed by atoms with Crippen LogP contribution < -0.4 is 14.8 Å². The number of amides is 2. The quantitative estimate of drug-likeness (QED) is 0.163. The lowest BCUT2D eigenvalue weighted by atomic mass is 10.0. The van der Waals surface area contributed by atoms with Crippen molar-refractivity contribution in [1.29, 1.82) is 0 Å². The smallest absolute Gasteiger partial charge is 0.310 e. The van der Waals surface area contributed by atoms with E-state index in [2.05, 4.69) is 11.9 Å². The second kappa shape index (κ2) is 9.84. The number of methoxy groups -OCH3 is 1. The Morgan fingerprint density at radius 1 is 1.22 bits per heavy atom. The minimum absolute atomic E-state index is 0.0188. The number of nitro benzene ring substituents is 1. The summed E-state index contributed by atoms with van der Waals surface area (Å²) in [5.41, 5.74) is 0.864. The molecule has 2 aromatic carbocycles. The first-order valence-corrected chi connectivity index (χ1v) is 9.79. The zero-order valence-corrected chi connectivity index (χ0v) is 17.9. The predicted octanol–water partition coefficient (Wildman–Crippen LogP) is 3.00. The summed E-state index contributed by atoms with van der Waals surface area (Å²) >= 11 is 5.04. The third-order valence-electron chi connectivity index (χ3n) is 4.56. The van der Waals surface area contributed by atoms with Crippen LogP contribution >= 0.6 is 12.2 Å². The van der Waals surface area contributed by atoms with Crippen LogP contribution in [0.25, 0.3) is 6.08 Å². The molecule has 9 nitrogen and oxygen atoms in total. The molecule has 0 aromatic heterocycles. The number of hydrogen-bond acceptors (Lipinski definition) is 7. The van der Waals surface area contributed by atoms with Gasteiger partial charge in [-0.05, 0) is 42.1 Å². The van der Waals surface area contributed by atoms with Gasteiger partial charge < -0.3 is 9.47 Å². The topological polar surface area (TPSA) is 111 Å². The average Bonchev–Trinajstić information content (AvgIpc) is 2.78. The first-order valence-electron chi connectivity index (χ1n) is 9.38. The molecule has 0 unspecified atom stereocenters. The monoisotopic (exact) mass is 453 g/mol. The molecule has 2 amide bonds. The van der Waals surface area contributed by atoms with Crippen molar-refractivity contribution in [3.63, 3.8) is 0 Å². The number of nitrogens with one attached hydrogen (secondary N) is 1. The fourth-order valence-corrected chi connectivity index (χ4v) is 3.29. The molecule has 1 aliphatic heterocycles. The van der Waals surface area contributed by atoms with Crippen molar-refractivity contribution >= 4 is 40.9 Å². The standard InChI is InChI=1S/C22H19N3O6S/c1-3-10-24-21(27)16(20(26)23-22(24)32)12-14-8-9-18(30-2)15(11-14)13-31-19-7-5-4-6-17(19)25(28)29/h3-9,11-12H,1,10,13H2,2H3,(H,23,26,32). The number of hydrogen-bond donors (Lipinski definition) is 1. The Bertz CT molecular complexity index is 1140. The van der Waals surface area contributed by atoms with Crippen LogP contribution in [0.4, 0.5) is 5.69 Å². The Kier molecular flexibility index (Phi) is 6.96. The van der Waals surface area contributed by atoms with Crippen molar-refractivity contribution in [1.82, 2.24) is 10.2 Å². The van der Waals surface area contributed by atoms with E-state index >= 15 is 0 Å². The van der Waals surface area contributed by atoms with Crippen LogP contribution in [0.5, 0.6) is 11.5 Å². The van der Waals surface area contributed by atoms with Crippen molar-refractivity contribution < 1.29 is 24.0 Å². The Hall–Kier alpha value is -4.05. The number of carbonyl (C=O) groups excluding carboxylic acids is 2. The van der Waals surface area contributed by atoms with E-state index in [4.69, 9.17) is 21.7 Å². The minimum atomic E-state index is -0.603. The second-order valence-electron chi connectivity index (χ2n) is 6.61. The molecule has 0 atom stereocenters. The number of thiocarbonyl (C=S) groups is 1. The van der Waals surface area contributed by atoms with Gasteiger partial charge in [-0.2, -0.15) is 0 Å². The van der Waals surface area contributed by atoms with E-state index in [-0.39, 0.29) is 35.3 Å². The molecule has 0 spiro atoms. The molecule has 1 aliphatic rings. The predicted molar refractivity (Wildman–Crippen MR) is 121 cm³/mol. The maximum Gasteiger partial charge on any atom is 0.310 e. The number of para-hydroxylation sites is 2. The van der Waals surface area contributed by atoms with Crippen molar-refractivity contribution in [3.05, 3.63) is 81.9 Å². The summed E-state index contributed by atoms with van der Waals surface area (Å²) in [7, 11) is 1.48. The highest BCUT2D eigenvalue weighted by Gasteiger charge is 2.32. The molecule has 1 N–H and O–H groups in total. The van der Waals surface area contributed by atoms with E-state index < -0.39 is 16.7 Å². The lowest BCUT2D eigenvalue weighted by Crippen LogP contribution is -2.53. The lowest BCUT2D eigenvalue weighted by Gasteiger charge is -2.27. The van der Waals surface area contributed by atoms with Gasteiger partial charge in [0, 0.05) is 18.2 Å². The van der Waals surface area contributed by atoms with E-state index in [0.29, 0.717) is 16.9 Å². The summed E-state index contributed by atoms with van der Waals surface area (Å²) in [4.78, 5) is 36.9. The van der Waals surface area contributed by atoms with Crippen LogP contribution in [-0.2, 0) is 16.2 Å². The molecular formula is C22H19N3O6S. The summed E-state index contributed by atoms with van der Waals surface area (Å²) in [6.45, 7) is 3.72. The Balaban J connectivity index is 1.90. The van der Waals surface area contributed by atoms with Gasteiger partial charge in [0.05, 0.1) is 12.0 Å². The molecule has 1 fully saturated rings. The lowest BCUT2D eigenvalue weighted by molar-refractivity contribution is -0.385. The highest BCUT2D eigenvalue weighted by Crippen LogP contribution is 2.29. The molecular weight excluding hydrogens is 434 g/mol. The molecule has 1 saturated heterocycles. The van der Waals surface area contributed by atoms with E-state index in [9.17, 15) is 19.7 Å². The van der Waals surface area contributed by atoms with Crippen LogP contribution in [0.2, 0.25) is 0 Å². The van der Waals surface area contributed by atoms with E-state index in [1.54, 1.807) is 30.3 Å². The molecule has 164 valence electrons. The van der Waals surface area contributed by atoms with E-state index in [0.717, 1.165) is 0 Å². The molecule has 2 aromatic rings. The third kappa shape index (κ3) is 4.81. The highest BCUT2D eigenvalue weighted by molar-refractivity contribution is 7.80. The summed E-state index contributed by atoms with van der Waals surface area (Å²) in [6, 6.07) is 11.0. The molecule has 1 heterocycles. The summed E-state index contributed by atoms with van der Waals surface area (Å²) < 4.78 is 11.0. The third-order valence-corrected chi connectivity index (χ3v) is 4.88. The first kappa shape index (κ1) is 22.6. The van der Waals surface area contributed by atoms with Crippen molar-refractivity contribution in [2.45, 2.75) is 6.61 Å².